The van der Waals surface area contributed by atoms with Crippen molar-refractivity contribution < 1.29 is 27.8 Å². The molecule has 0 fully saturated rings. The van der Waals surface area contributed by atoms with Gasteiger partial charge < -0.3 is 19.6 Å². The molecule has 0 saturated carbocycles. The van der Waals surface area contributed by atoms with Crippen LogP contribution in [0.3, 0.4) is 0 Å². The number of carbonyl (C=O) groups is 1. The third kappa shape index (κ3) is 6.86. The maximum atomic E-state index is 12.5. The maximum Gasteiger partial charge on any atom is 0.573 e. The molecule has 8 heteroatoms. The molecule has 0 radical (unpaired) electrons. The van der Waals surface area contributed by atoms with Gasteiger partial charge in [-0.2, -0.15) is 0 Å². The fourth-order valence-electron chi connectivity index (χ4n) is 3.23. The Labute approximate surface area is 192 Å². The zero-order valence-corrected chi connectivity index (χ0v) is 19.0. The second kappa shape index (κ2) is 11.0. The van der Waals surface area contributed by atoms with Crippen LogP contribution in [0.1, 0.15) is 25.8 Å². The molecule has 5 nitrogen and oxygen atoms in total. The number of hydrogen-bond donors (Lipinski definition) is 1. The van der Waals surface area contributed by atoms with E-state index in [1.54, 1.807) is 18.0 Å². The van der Waals surface area contributed by atoms with E-state index >= 15 is 0 Å². The number of aliphatic hydroxyl groups is 1. The van der Waals surface area contributed by atoms with Crippen LogP contribution in [-0.4, -0.2) is 47.4 Å². The fraction of sp³-hybridized carbons (Fsp3) is 0.320. The first-order valence-electron chi connectivity index (χ1n) is 10.5. The third-order valence-corrected chi connectivity index (χ3v) is 5.30. The first kappa shape index (κ1) is 26.0. The van der Waals surface area contributed by atoms with Crippen LogP contribution in [0, 0.1) is 5.92 Å². The molecular formula is C25H29F3N2O3. The lowest BCUT2D eigenvalue weighted by molar-refractivity contribution is -0.274. The Morgan fingerprint density at radius 1 is 1.30 bits per heavy atom. The summed E-state index contributed by atoms with van der Waals surface area (Å²) in [6.07, 6.45) is 2.94. The summed E-state index contributed by atoms with van der Waals surface area (Å²) in [5, 5.41) is 10.1. The van der Waals surface area contributed by atoms with Gasteiger partial charge in [0.2, 0.25) is 5.91 Å². The summed E-state index contributed by atoms with van der Waals surface area (Å²) in [5.74, 6) is -0.334. The van der Waals surface area contributed by atoms with Crippen molar-refractivity contribution in [3.05, 3.63) is 84.4 Å². The Hall–Kier alpha value is -3.26. The summed E-state index contributed by atoms with van der Waals surface area (Å²) in [6.45, 7) is 11.7. The molecule has 0 aromatic heterocycles. The highest BCUT2D eigenvalue weighted by Gasteiger charge is 2.31. The van der Waals surface area contributed by atoms with Gasteiger partial charge in [0.25, 0.3) is 0 Å². The van der Waals surface area contributed by atoms with E-state index in [9.17, 15) is 23.1 Å². The first-order chi connectivity index (χ1) is 15.5. The van der Waals surface area contributed by atoms with E-state index < -0.39 is 6.36 Å². The molecule has 1 N–H and O–H groups in total. The Morgan fingerprint density at radius 2 is 1.94 bits per heavy atom. The quantitative estimate of drug-likeness (QED) is 0.510. The number of rotatable bonds is 9. The molecule has 1 atom stereocenters. The lowest BCUT2D eigenvalue weighted by Crippen LogP contribution is -2.31. The highest BCUT2D eigenvalue weighted by molar-refractivity contribution is 5.87. The van der Waals surface area contributed by atoms with Gasteiger partial charge in [0.05, 0.1) is 12.3 Å². The minimum atomic E-state index is -4.78. The number of benzene rings is 1. The predicted molar refractivity (Wildman–Crippen MR) is 123 cm³/mol. The van der Waals surface area contributed by atoms with Crippen LogP contribution >= 0.6 is 0 Å². The van der Waals surface area contributed by atoms with Crippen LogP contribution in [0.15, 0.2) is 78.8 Å². The molecule has 178 valence electrons. The van der Waals surface area contributed by atoms with Gasteiger partial charge in [0.1, 0.15) is 5.75 Å². The van der Waals surface area contributed by atoms with Crippen molar-refractivity contribution >= 4 is 11.5 Å². The summed E-state index contributed by atoms with van der Waals surface area (Å²) in [4.78, 5) is 15.2. The summed E-state index contributed by atoms with van der Waals surface area (Å²) in [7, 11) is 1.62. The number of halogens is 3. The first-order valence-corrected chi connectivity index (χ1v) is 10.5. The molecule has 0 bridgehead atoms. The van der Waals surface area contributed by atoms with E-state index in [1.807, 2.05) is 12.3 Å². The number of amides is 1. The number of aliphatic hydroxyl groups excluding tert-OH is 1. The zero-order chi connectivity index (χ0) is 24.8. The van der Waals surface area contributed by atoms with Crippen LogP contribution in [0.5, 0.6) is 5.75 Å². The number of hydrogen-bond acceptors (Lipinski definition) is 4. The molecule has 1 aromatic rings. The lowest BCUT2D eigenvalue weighted by Gasteiger charge is -2.34. The number of ether oxygens (including phenoxy) is 1. The van der Waals surface area contributed by atoms with Crippen molar-refractivity contribution in [3.8, 4) is 5.75 Å². The van der Waals surface area contributed by atoms with Gasteiger partial charge in [-0.25, -0.2) is 0 Å². The minimum Gasteiger partial charge on any atom is -0.406 e. The topological polar surface area (TPSA) is 53.0 Å². The highest BCUT2D eigenvalue weighted by atomic mass is 19.4. The summed E-state index contributed by atoms with van der Waals surface area (Å²) >= 11 is 0. The molecule has 33 heavy (non-hydrogen) atoms. The van der Waals surface area contributed by atoms with Gasteiger partial charge in [-0.3, -0.25) is 4.79 Å². The maximum absolute atomic E-state index is 12.5. The molecular weight excluding hydrogens is 433 g/mol. The van der Waals surface area contributed by atoms with E-state index in [0.29, 0.717) is 28.1 Å². The van der Waals surface area contributed by atoms with Crippen molar-refractivity contribution in [2.75, 3.05) is 20.2 Å². The SMILES string of the molecule is C=CC(=O)N(C)CC1=C(CO)N(/C=C\C(C)CC)C(=C)C(c2ccc(OC(F)(F)F)cc2)=C1. The van der Waals surface area contributed by atoms with E-state index in [2.05, 4.69) is 31.7 Å². The Bertz CT molecular complexity index is 976. The van der Waals surface area contributed by atoms with Crippen LogP contribution in [-0.2, 0) is 4.79 Å². The van der Waals surface area contributed by atoms with E-state index in [4.69, 9.17) is 0 Å². The average molecular weight is 463 g/mol. The van der Waals surface area contributed by atoms with Crippen LogP contribution < -0.4 is 4.74 Å². The molecule has 0 spiro atoms. The zero-order valence-electron chi connectivity index (χ0n) is 19.0. The highest BCUT2D eigenvalue weighted by Crippen LogP contribution is 2.36. The van der Waals surface area contributed by atoms with Crippen LogP contribution in [0.25, 0.3) is 5.57 Å². The smallest absolute Gasteiger partial charge is 0.406 e. The van der Waals surface area contributed by atoms with Gasteiger partial charge in [-0.1, -0.05) is 51.6 Å². The second-order valence-corrected chi connectivity index (χ2v) is 7.70. The normalized spacial score (nSPS) is 15.5. The predicted octanol–water partition coefficient (Wildman–Crippen LogP) is 5.25. The monoisotopic (exact) mass is 462 g/mol. The number of allylic oxidation sites excluding steroid dienone is 2. The van der Waals surface area contributed by atoms with Crippen LogP contribution in [0.4, 0.5) is 13.2 Å². The number of nitrogens with zero attached hydrogens (tertiary/aromatic N) is 2. The van der Waals surface area contributed by atoms with Crippen molar-refractivity contribution in [3.63, 3.8) is 0 Å². The van der Waals surface area contributed by atoms with E-state index in [-0.39, 0.29) is 30.7 Å². The molecule has 0 saturated heterocycles. The Morgan fingerprint density at radius 3 is 2.45 bits per heavy atom. The van der Waals surface area contributed by atoms with Crippen molar-refractivity contribution in [1.82, 2.24) is 9.80 Å². The molecule has 1 heterocycles. The minimum absolute atomic E-state index is 0.195. The van der Waals surface area contributed by atoms with E-state index in [0.717, 1.165) is 6.42 Å². The molecule has 1 aliphatic heterocycles. The van der Waals surface area contributed by atoms with Gasteiger partial charge >= 0.3 is 6.36 Å². The van der Waals surface area contributed by atoms with Crippen molar-refractivity contribution in [2.45, 2.75) is 26.6 Å². The van der Waals surface area contributed by atoms with Gasteiger partial charge in [0.15, 0.2) is 0 Å². The van der Waals surface area contributed by atoms with Crippen LogP contribution in [0.2, 0.25) is 0 Å². The summed E-state index contributed by atoms with van der Waals surface area (Å²) < 4.78 is 41.5. The standard InChI is InChI=1S/C25H29F3N2O3/c1-6-17(3)12-13-30-18(4)22(19-8-10-21(11-9-19)33-25(26,27)28)14-20(23(30)16-31)15-29(5)24(32)7-2/h7-14,17,31H,2,4,6,15-16H2,1,3,5H3/b13-12-. The average Bonchev–Trinajstić information content (AvgIpc) is 2.77. The molecule has 1 amide bonds. The Balaban J connectivity index is 2.52. The number of likely N-dealkylation sites (N-methyl/N-ethyl adjacent to an activating group) is 1. The lowest BCUT2D eigenvalue weighted by atomic mass is 9.94. The molecule has 1 aromatic carbocycles. The largest absolute Gasteiger partial charge is 0.573 e. The number of alkyl halides is 3. The fourth-order valence-corrected chi connectivity index (χ4v) is 3.23. The van der Waals surface area contributed by atoms with Gasteiger partial charge in [-0.15, -0.1) is 13.2 Å². The van der Waals surface area contributed by atoms with Gasteiger partial charge in [0, 0.05) is 31.1 Å². The van der Waals surface area contributed by atoms with Crippen molar-refractivity contribution in [2.24, 2.45) is 5.92 Å². The Kier molecular flexibility index (Phi) is 8.70. The summed E-state index contributed by atoms with van der Waals surface area (Å²) in [6, 6.07) is 5.48. The molecule has 1 unspecified atom stereocenters. The third-order valence-electron chi connectivity index (χ3n) is 5.30. The molecule has 1 aliphatic rings. The van der Waals surface area contributed by atoms with Gasteiger partial charge in [-0.05, 0) is 41.3 Å². The molecule has 0 aliphatic carbocycles. The van der Waals surface area contributed by atoms with E-state index in [1.165, 1.54) is 35.2 Å². The van der Waals surface area contributed by atoms with Crippen molar-refractivity contribution in [1.29, 1.82) is 0 Å². The molecule has 2 rings (SSSR count). The number of carbonyl (C=O) groups excluding carboxylic acids is 1. The summed E-state index contributed by atoms with van der Waals surface area (Å²) in [5.41, 5.74) is 3.04. The second-order valence-electron chi connectivity index (χ2n) is 7.70.